The molecule has 0 aliphatic carbocycles. The average Bonchev–Trinajstić information content (AvgIpc) is 3.30. The molecule has 3 aromatic heterocycles. The van der Waals surface area contributed by atoms with E-state index in [9.17, 15) is 4.79 Å². The van der Waals surface area contributed by atoms with Crippen LogP contribution in [0.15, 0.2) is 48.9 Å². The van der Waals surface area contributed by atoms with E-state index in [-0.39, 0.29) is 5.91 Å². The van der Waals surface area contributed by atoms with Gasteiger partial charge in [-0.15, -0.1) is 0 Å². The predicted octanol–water partition coefficient (Wildman–Crippen LogP) is 3.39. The first kappa shape index (κ1) is 20.8. The topological polar surface area (TPSA) is 88.0 Å². The molecule has 0 atom stereocenters. The van der Waals surface area contributed by atoms with Crippen LogP contribution in [0.3, 0.4) is 0 Å². The Hall–Kier alpha value is -3.78. The van der Waals surface area contributed by atoms with Crippen molar-refractivity contribution in [1.29, 1.82) is 0 Å². The second kappa shape index (κ2) is 8.22. The predicted molar refractivity (Wildman–Crippen MR) is 133 cm³/mol. The van der Waals surface area contributed by atoms with Crippen LogP contribution in [0.5, 0.6) is 0 Å². The van der Waals surface area contributed by atoms with Gasteiger partial charge in [0.05, 0.1) is 12.2 Å². The van der Waals surface area contributed by atoms with Crippen LogP contribution >= 0.6 is 0 Å². The minimum Gasteiger partial charge on any atom is -0.354 e. The third-order valence-corrected chi connectivity index (χ3v) is 6.88. The van der Waals surface area contributed by atoms with Gasteiger partial charge in [0.25, 0.3) is 5.91 Å². The number of rotatable bonds is 4. The van der Waals surface area contributed by atoms with Gasteiger partial charge in [0, 0.05) is 55.7 Å². The van der Waals surface area contributed by atoms with E-state index in [0.717, 1.165) is 60.4 Å². The van der Waals surface area contributed by atoms with Gasteiger partial charge in [0.2, 0.25) is 0 Å². The smallest absolute Gasteiger partial charge is 0.269 e. The normalized spacial score (nSPS) is 15.8. The molecule has 0 spiro atoms. The van der Waals surface area contributed by atoms with Gasteiger partial charge in [-0.25, -0.2) is 4.98 Å². The van der Waals surface area contributed by atoms with Crippen LogP contribution in [0.1, 0.15) is 34.1 Å². The molecule has 0 unspecified atom stereocenters. The van der Waals surface area contributed by atoms with E-state index in [1.54, 1.807) is 19.3 Å². The number of aromatic nitrogens is 4. The number of hydrogen-bond donors (Lipinski definition) is 2. The lowest BCUT2D eigenvalue weighted by Crippen LogP contribution is -2.43. The van der Waals surface area contributed by atoms with Crippen LogP contribution in [0.4, 0.5) is 11.5 Å². The van der Waals surface area contributed by atoms with Crippen LogP contribution in [0.2, 0.25) is 0 Å². The Balaban J connectivity index is 1.44. The molecular weight excluding hydrogens is 426 g/mol. The summed E-state index contributed by atoms with van der Waals surface area (Å²) in [6.07, 6.45) is 7.91. The zero-order valence-electron chi connectivity index (χ0n) is 19.4. The van der Waals surface area contributed by atoms with Gasteiger partial charge < -0.3 is 15.5 Å². The highest BCUT2D eigenvalue weighted by Crippen LogP contribution is 2.39. The van der Waals surface area contributed by atoms with Crippen LogP contribution in [-0.4, -0.2) is 52.3 Å². The molecule has 0 radical (unpaired) electrons. The minimum atomic E-state index is -0.200. The number of aryl methyl sites for hydroxylation is 2. The highest BCUT2D eigenvalue weighted by Gasteiger charge is 2.25. The molecule has 4 aromatic rings. The molecule has 2 aliphatic rings. The monoisotopic (exact) mass is 453 g/mol. The molecule has 0 bridgehead atoms. The molecule has 8 nitrogen and oxygen atoms in total. The van der Waals surface area contributed by atoms with E-state index in [0.29, 0.717) is 11.7 Å². The average molecular weight is 454 g/mol. The largest absolute Gasteiger partial charge is 0.354 e. The maximum Gasteiger partial charge on any atom is 0.269 e. The Morgan fingerprint density at radius 3 is 2.91 bits per heavy atom. The summed E-state index contributed by atoms with van der Waals surface area (Å²) in [7, 11) is 1.63. The number of carbonyl (C=O) groups excluding carboxylic acids is 1. The third kappa shape index (κ3) is 3.42. The van der Waals surface area contributed by atoms with E-state index in [4.69, 9.17) is 4.98 Å². The Kier molecular flexibility index (Phi) is 5.03. The highest BCUT2D eigenvalue weighted by atomic mass is 16.1. The van der Waals surface area contributed by atoms with Gasteiger partial charge in [-0.3, -0.25) is 14.5 Å². The molecule has 0 saturated carbocycles. The van der Waals surface area contributed by atoms with Gasteiger partial charge in [-0.1, -0.05) is 6.07 Å². The standard InChI is InChI=1S/C26H27N7O/c1-16-9-23-17(10-21(16)19-12-30-33(15-19)20-13-28-14-20)6-4-8-32(23)25-24-18(5-3-7-29-24)11-22(31-25)26(34)27-2/h3,5,7,9-12,15,20,28H,4,6,8,13-14H2,1-2H3,(H,27,34). The van der Waals surface area contributed by atoms with Crippen molar-refractivity contribution >= 4 is 28.3 Å². The van der Waals surface area contributed by atoms with Crippen molar-refractivity contribution in [3.05, 3.63) is 65.7 Å². The summed E-state index contributed by atoms with van der Waals surface area (Å²) in [5.41, 5.74) is 7.18. The highest BCUT2D eigenvalue weighted by molar-refractivity contribution is 6.00. The second-order valence-electron chi connectivity index (χ2n) is 9.06. The number of fused-ring (bicyclic) bond motifs is 2. The molecule has 34 heavy (non-hydrogen) atoms. The lowest BCUT2D eigenvalue weighted by atomic mass is 9.93. The van der Waals surface area contributed by atoms with Gasteiger partial charge in [0.15, 0.2) is 5.82 Å². The lowest BCUT2D eigenvalue weighted by Gasteiger charge is -2.32. The number of nitrogens with zero attached hydrogens (tertiary/aromatic N) is 5. The van der Waals surface area contributed by atoms with E-state index in [2.05, 4.69) is 55.6 Å². The fourth-order valence-electron chi connectivity index (χ4n) is 4.91. The summed E-state index contributed by atoms with van der Waals surface area (Å²) >= 11 is 0. The van der Waals surface area contributed by atoms with E-state index in [1.165, 1.54) is 16.7 Å². The van der Waals surface area contributed by atoms with Crippen LogP contribution in [0.25, 0.3) is 22.0 Å². The lowest BCUT2D eigenvalue weighted by molar-refractivity contribution is 0.0958. The Labute approximate surface area is 198 Å². The number of pyridine rings is 2. The first-order valence-electron chi connectivity index (χ1n) is 11.8. The van der Waals surface area contributed by atoms with Gasteiger partial charge in [0.1, 0.15) is 11.2 Å². The maximum atomic E-state index is 12.4. The third-order valence-electron chi connectivity index (χ3n) is 6.88. The van der Waals surface area contributed by atoms with Crippen molar-refractivity contribution in [2.75, 3.05) is 31.6 Å². The molecule has 6 rings (SSSR count). The van der Waals surface area contributed by atoms with Crippen molar-refractivity contribution in [3.8, 4) is 11.1 Å². The number of benzene rings is 1. The zero-order valence-corrected chi connectivity index (χ0v) is 19.4. The van der Waals surface area contributed by atoms with Gasteiger partial charge in [-0.05, 0) is 60.7 Å². The molecule has 2 N–H and O–H groups in total. The summed E-state index contributed by atoms with van der Waals surface area (Å²) in [6, 6.07) is 10.7. The van der Waals surface area contributed by atoms with E-state index < -0.39 is 0 Å². The first-order valence-corrected chi connectivity index (χ1v) is 11.8. The van der Waals surface area contributed by atoms with Crippen molar-refractivity contribution in [1.82, 2.24) is 30.4 Å². The molecule has 1 fully saturated rings. The van der Waals surface area contributed by atoms with Crippen LogP contribution in [-0.2, 0) is 6.42 Å². The minimum absolute atomic E-state index is 0.200. The first-order chi connectivity index (χ1) is 16.6. The van der Waals surface area contributed by atoms with E-state index >= 15 is 0 Å². The fourth-order valence-corrected chi connectivity index (χ4v) is 4.91. The summed E-state index contributed by atoms with van der Waals surface area (Å²) in [5.74, 6) is 0.532. The quantitative estimate of drug-likeness (QED) is 0.493. The second-order valence-corrected chi connectivity index (χ2v) is 9.06. The number of amides is 1. The maximum absolute atomic E-state index is 12.4. The molecule has 1 saturated heterocycles. The summed E-state index contributed by atoms with van der Waals surface area (Å²) in [6.45, 7) is 4.93. The zero-order chi connectivity index (χ0) is 23.2. The molecular formula is C26H27N7O. The molecule has 1 aromatic carbocycles. The fraction of sp³-hybridized carbons (Fsp3) is 0.308. The van der Waals surface area contributed by atoms with Crippen molar-refractivity contribution in [2.24, 2.45) is 0 Å². The number of carbonyl (C=O) groups is 1. The number of hydrogen-bond acceptors (Lipinski definition) is 6. The summed E-state index contributed by atoms with van der Waals surface area (Å²) in [5, 5.41) is 11.5. The molecule has 172 valence electrons. The number of nitrogens with one attached hydrogen (secondary N) is 2. The van der Waals surface area contributed by atoms with Crippen LogP contribution in [0, 0.1) is 6.92 Å². The van der Waals surface area contributed by atoms with Gasteiger partial charge in [-0.2, -0.15) is 5.10 Å². The van der Waals surface area contributed by atoms with Crippen molar-refractivity contribution < 1.29 is 4.79 Å². The Morgan fingerprint density at radius 1 is 1.24 bits per heavy atom. The molecule has 1 amide bonds. The van der Waals surface area contributed by atoms with Gasteiger partial charge >= 0.3 is 0 Å². The molecule has 8 heteroatoms. The Morgan fingerprint density at radius 2 is 2.12 bits per heavy atom. The van der Waals surface area contributed by atoms with Crippen LogP contribution < -0.4 is 15.5 Å². The van der Waals surface area contributed by atoms with Crippen molar-refractivity contribution in [2.45, 2.75) is 25.8 Å². The number of anilines is 2. The summed E-state index contributed by atoms with van der Waals surface area (Å²) in [4.78, 5) is 24.1. The van der Waals surface area contributed by atoms with Crippen molar-refractivity contribution in [3.63, 3.8) is 0 Å². The summed E-state index contributed by atoms with van der Waals surface area (Å²) < 4.78 is 2.07. The molecule has 2 aliphatic heterocycles. The SMILES string of the molecule is CNC(=O)c1cc2cccnc2c(N2CCCc3cc(-c4cnn(C5CNC5)c4)c(C)cc32)n1. The van der Waals surface area contributed by atoms with E-state index in [1.807, 2.05) is 18.3 Å². The Bertz CT molecular complexity index is 1410. The molecule has 5 heterocycles.